The van der Waals surface area contributed by atoms with Crippen LogP contribution >= 0.6 is 0 Å². The van der Waals surface area contributed by atoms with E-state index in [-0.39, 0.29) is 25.0 Å². The predicted molar refractivity (Wildman–Crippen MR) is 55.4 cm³/mol. The van der Waals surface area contributed by atoms with Crippen molar-refractivity contribution in [2.45, 2.75) is 13.3 Å². The molecule has 0 aliphatic rings. The normalized spacial score (nSPS) is 9.53. The van der Waals surface area contributed by atoms with Gasteiger partial charge in [-0.15, -0.1) is 4.98 Å². The quantitative estimate of drug-likeness (QED) is 0.395. The molecule has 1 N–H and O–H groups in total. The molecule has 0 unspecified atom stereocenters. The Morgan fingerprint density at radius 1 is 1.35 bits per heavy atom. The smallest absolute Gasteiger partial charge is 0.330 e. The van der Waals surface area contributed by atoms with E-state index >= 15 is 0 Å². The topological polar surface area (TPSA) is 103 Å². The zero-order valence-electron chi connectivity index (χ0n) is 9.47. The lowest BCUT2D eigenvalue weighted by atomic mass is 10.4. The highest BCUT2D eigenvalue weighted by atomic mass is 16.6. The highest BCUT2D eigenvalue weighted by Crippen LogP contribution is 2.08. The van der Waals surface area contributed by atoms with Crippen LogP contribution in [0.4, 0.5) is 0 Å². The van der Waals surface area contributed by atoms with Gasteiger partial charge in [0.05, 0.1) is 13.5 Å². The van der Waals surface area contributed by atoms with Gasteiger partial charge >= 0.3 is 18.0 Å². The van der Waals surface area contributed by atoms with Gasteiger partial charge in [0, 0.05) is 6.54 Å². The molecule has 0 radical (unpaired) electrons. The predicted octanol–water partition coefficient (Wildman–Crippen LogP) is -0.770. The molecule has 0 spiro atoms. The fraction of sp³-hybridized carbons (Fsp3) is 0.444. The average molecular weight is 240 g/mol. The Bertz CT molecular complexity index is 410. The molecule has 17 heavy (non-hydrogen) atoms. The summed E-state index contributed by atoms with van der Waals surface area (Å²) in [5.74, 6) is -0.169. The van der Waals surface area contributed by atoms with Crippen molar-refractivity contribution < 1.29 is 19.1 Å². The lowest BCUT2D eigenvalue weighted by Crippen LogP contribution is -2.20. The van der Waals surface area contributed by atoms with Gasteiger partial charge in [-0.1, -0.05) is 0 Å². The van der Waals surface area contributed by atoms with E-state index in [4.69, 9.17) is 9.47 Å². The molecule has 8 nitrogen and oxygen atoms in total. The summed E-state index contributed by atoms with van der Waals surface area (Å²) in [4.78, 5) is 32.6. The highest BCUT2D eigenvalue weighted by molar-refractivity contribution is 5.72. The number of rotatable bonds is 6. The van der Waals surface area contributed by atoms with Crippen LogP contribution < -0.4 is 14.8 Å². The van der Waals surface area contributed by atoms with Crippen LogP contribution in [0.15, 0.2) is 0 Å². The highest BCUT2D eigenvalue weighted by Gasteiger charge is 2.10. The standard InChI is InChI=1S/C9H12N4O4/c1-6-11-8(16-2)13-9(12-6)17-7(15)3-4-10-5-14/h5H,3-4H2,1-2H3,(H,10,14). The van der Waals surface area contributed by atoms with Gasteiger partial charge in [0.15, 0.2) is 0 Å². The van der Waals surface area contributed by atoms with E-state index in [0.29, 0.717) is 12.2 Å². The van der Waals surface area contributed by atoms with Crippen molar-refractivity contribution in [3.05, 3.63) is 5.82 Å². The molecule has 1 aromatic heterocycles. The SMILES string of the molecule is COc1nc(C)nc(OC(=O)CCNC=O)n1. The molecule has 0 saturated heterocycles. The van der Waals surface area contributed by atoms with Crippen molar-refractivity contribution in [3.63, 3.8) is 0 Å². The second-order valence-electron chi connectivity index (χ2n) is 2.95. The summed E-state index contributed by atoms with van der Waals surface area (Å²) in [7, 11) is 1.40. The number of carbonyl (C=O) groups is 2. The number of amides is 1. The van der Waals surface area contributed by atoms with Crippen LogP contribution in [0, 0.1) is 6.92 Å². The number of hydrogen-bond donors (Lipinski definition) is 1. The number of nitrogens with one attached hydrogen (secondary N) is 1. The van der Waals surface area contributed by atoms with Crippen molar-refractivity contribution in [2.24, 2.45) is 0 Å². The molecule has 92 valence electrons. The summed E-state index contributed by atoms with van der Waals surface area (Å²) in [6.45, 7) is 1.82. The van der Waals surface area contributed by atoms with Gasteiger partial charge in [0.2, 0.25) is 6.41 Å². The molecule has 0 atom stereocenters. The first-order chi connectivity index (χ1) is 8.15. The minimum atomic E-state index is -0.549. The van der Waals surface area contributed by atoms with Crippen molar-refractivity contribution in [1.82, 2.24) is 20.3 Å². The number of nitrogens with zero attached hydrogens (tertiary/aromatic N) is 3. The van der Waals surface area contributed by atoms with Crippen molar-refractivity contribution in [1.29, 1.82) is 0 Å². The Morgan fingerprint density at radius 3 is 2.71 bits per heavy atom. The third-order valence-electron chi connectivity index (χ3n) is 1.65. The van der Waals surface area contributed by atoms with Gasteiger partial charge in [-0.25, -0.2) is 0 Å². The van der Waals surface area contributed by atoms with Crippen molar-refractivity contribution in [3.8, 4) is 12.0 Å². The fourth-order valence-corrected chi connectivity index (χ4v) is 0.957. The Balaban J connectivity index is 2.58. The second-order valence-corrected chi connectivity index (χ2v) is 2.95. The minimum Gasteiger partial charge on any atom is -0.467 e. The minimum absolute atomic E-state index is 0.0335. The van der Waals surface area contributed by atoms with Gasteiger partial charge in [-0.3, -0.25) is 9.59 Å². The third kappa shape index (κ3) is 4.41. The van der Waals surface area contributed by atoms with Gasteiger partial charge < -0.3 is 14.8 Å². The summed E-state index contributed by atoms with van der Waals surface area (Å²) < 4.78 is 9.65. The largest absolute Gasteiger partial charge is 0.467 e. The van der Waals surface area contributed by atoms with Gasteiger partial charge in [0.25, 0.3) is 0 Å². The van der Waals surface area contributed by atoms with E-state index in [1.54, 1.807) is 6.92 Å². The number of carbonyl (C=O) groups excluding carboxylic acids is 2. The van der Waals surface area contributed by atoms with Crippen LogP contribution in [0.1, 0.15) is 12.2 Å². The van der Waals surface area contributed by atoms with Crippen LogP contribution in [-0.2, 0) is 9.59 Å². The van der Waals surface area contributed by atoms with Gasteiger partial charge in [-0.2, -0.15) is 9.97 Å². The van der Waals surface area contributed by atoms with E-state index in [9.17, 15) is 9.59 Å². The molecule has 0 aliphatic heterocycles. The molecule has 1 amide bonds. The van der Waals surface area contributed by atoms with E-state index in [1.807, 2.05) is 0 Å². The van der Waals surface area contributed by atoms with E-state index in [2.05, 4.69) is 20.3 Å². The summed E-state index contributed by atoms with van der Waals surface area (Å²) in [5.41, 5.74) is 0. The summed E-state index contributed by atoms with van der Waals surface area (Å²) >= 11 is 0. The Labute approximate surface area is 97.4 Å². The van der Waals surface area contributed by atoms with Crippen LogP contribution in [0.25, 0.3) is 0 Å². The van der Waals surface area contributed by atoms with Crippen LogP contribution in [0.3, 0.4) is 0 Å². The average Bonchev–Trinajstić information content (AvgIpc) is 2.28. The summed E-state index contributed by atoms with van der Waals surface area (Å²) in [5, 5.41) is 2.34. The Morgan fingerprint density at radius 2 is 2.06 bits per heavy atom. The third-order valence-corrected chi connectivity index (χ3v) is 1.65. The first kappa shape index (κ1) is 12.8. The first-order valence-corrected chi connectivity index (χ1v) is 4.80. The lowest BCUT2D eigenvalue weighted by molar-refractivity contribution is -0.134. The maximum atomic E-state index is 11.3. The maximum Gasteiger partial charge on any atom is 0.330 e. The number of ether oxygens (including phenoxy) is 2. The lowest BCUT2D eigenvalue weighted by Gasteiger charge is -2.04. The number of esters is 1. The summed E-state index contributed by atoms with van der Waals surface area (Å²) in [6, 6.07) is -0.0447. The second kappa shape index (κ2) is 6.36. The van der Waals surface area contributed by atoms with Crippen LogP contribution in [0.2, 0.25) is 0 Å². The Hall–Kier alpha value is -2.25. The van der Waals surface area contributed by atoms with E-state index in [0.717, 1.165) is 0 Å². The number of hydrogen-bond acceptors (Lipinski definition) is 7. The zero-order chi connectivity index (χ0) is 12.7. The zero-order valence-corrected chi connectivity index (χ0v) is 9.47. The van der Waals surface area contributed by atoms with Crippen LogP contribution in [-0.4, -0.2) is 41.0 Å². The van der Waals surface area contributed by atoms with Crippen molar-refractivity contribution in [2.75, 3.05) is 13.7 Å². The molecular weight excluding hydrogens is 228 g/mol. The molecule has 0 aromatic carbocycles. The number of aryl methyl sites for hydroxylation is 1. The molecule has 1 rings (SSSR count). The van der Waals surface area contributed by atoms with Gasteiger partial charge in [0.1, 0.15) is 5.82 Å². The molecule has 1 aromatic rings. The molecule has 0 aliphatic carbocycles. The molecule has 0 bridgehead atoms. The Kier molecular flexibility index (Phi) is 4.79. The fourth-order valence-electron chi connectivity index (χ4n) is 0.957. The maximum absolute atomic E-state index is 11.3. The van der Waals surface area contributed by atoms with Gasteiger partial charge in [-0.05, 0) is 6.92 Å². The van der Waals surface area contributed by atoms with E-state index < -0.39 is 5.97 Å². The molecule has 1 heterocycles. The molecular formula is C9H12N4O4. The number of methoxy groups -OCH3 is 1. The van der Waals surface area contributed by atoms with Crippen LogP contribution in [0.5, 0.6) is 12.0 Å². The monoisotopic (exact) mass is 240 g/mol. The first-order valence-electron chi connectivity index (χ1n) is 4.80. The van der Waals surface area contributed by atoms with Crippen molar-refractivity contribution >= 4 is 12.4 Å². The molecule has 0 fully saturated rings. The molecule has 8 heteroatoms. The summed E-state index contributed by atoms with van der Waals surface area (Å²) in [6.07, 6.45) is 0.537. The molecule has 0 saturated carbocycles. The number of aromatic nitrogens is 3. The van der Waals surface area contributed by atoms with E-state index in [1.165, 1.54) is 7.11 Å².